The summed E-state index contributed by atoms with van der Waals surface area (Å²) in [5.74, 6) is -0.170. The quantitative estimate of drug-likeness (QED) is 0.314. The van der Waals surface area contributed by atoms with E-state index in [0.717, 1.165) is 18.1 Å². The summed E-state index contributed by atoms with van der Waals surface area (Å²) in [4.78, 5) is 7.35. The van der Waals surface area contributed by atoms with Crippen molar-refractivity contribution in [2.24, 2.45) is 11.7 Å². The molecule has 164 valence electrons. The molecule has 0 bridgehead atoms. The molecule has 0 aliphatic carbocycles. The van der Waals surface area contributed by atoms with Crippen LogP contribution in [0.25, 0.3) is 16.7 Å². The van der Waals surface area contributed by atoms with E-state index in [9.17, 15) is 9.65 Å². The van der Waals surface area contributed by atoms with Gasteiger partial charge < -0.3 is 20.9 Å². The highest BCUT2D eigenvalue weighted by Crippen LogP contribution is 2.39. The van der Waals surface area contributed by atoms with Gasteiger partial charge in [-0.1, -0.05) is 12.1 Å². The highest BCUT2D eigenvalue weighted by molar-refractivity contribution is 6.10. The smallest absolute Gasteiger partial charge is 0.212 e. The SMILES string of the molecule is CN(C=N)C(=N)C1CCN(c2c(-c3ccc(F)nc3)ccc(/C(C=N)=C/N)c2C#N)CC1. The van der Waals surface area contributed by atoms with Crippen LogP contribution in [-0.4, -0.2) is 48.4 Å². The van der Waals surface area contributed by atoms with Crippen molar-refractivity contribution in [1.82, 2.24) is 9.88 Å². The van der Waals surface area contributed by atoms with E-state index in [1.807, 2.05) is 6.07 Å². The van der Waals surface area contributed by atoms with E-state index < -0.39 is 5.95 Å². The Morgan fingerprint density at radius 1 is 1.28 bits per heavy atom. The maximum absolute atomic E-state index is 13.4. The number of pyridine rings is 1. The van der Waals surface area contributed by atoms with E-state index in [4.69, 9.17) is 22.0 Å². The second-order valence-electron chi connectivity index (χ2n) is 7.52. The molecule has 32 heavy (non-hydrogen) atoms. The number of halogens is 1. The number of rotatable bonds is 6. The number of amidine groups is 1. The summed E-state index contributed by atoms with van der Waals surface area (Å²) in [6, 6.07) is 8.76. The summed E-state index contributed by atoms with van der Waals surface area (Å²) in [7, 11) is 1.69. The lowest BCUT2D eigenvalue weighted by atomic mass is 9.90. The van der Waals surface area contributed by atoms with Gasteiger partial charge in [0.15, 0.2) is 0 Å². The zero-order valence-corrected chi connectivity index (χ0v) is 17.8. The molecule has 3 rings (SSSR count). The Kier molecular flexibility index (Phi) is 6.95. The van der Waals surface area contributed by atoms with Gasteiger partial charge in [-0.3, -0.25) is 10.8 Å². The number of nitriles is 1. The molecule has 1 saturated heterocycles. The van der Waals surface area contributed by atoms with Crippen LogP contribution in [0.5, 0.6) is 0 Å². The molecule has 2 heterocycles. The Hall–Kier alpha value is -4.06. The minimum Gasteiger partial charge on any atom is -0.404 e. The van der Waals surface area contributed by atoms with Gasteiger partial charge in [0.1, 0.15) is 11.9 Å². The number of hydrogen-bond donors (Lipinski definition) is 4. The predicted octanol–water partition coefficient (Wildman–Crippen LogP) is 3.44. The molecule has 0 unspecified atom stereocenters. The zero-order valence-electron chi connectivity index (χ0n) is 17.8. The molecule has 8 nitrogen and oxygen atoms in total. The number of aromatic nitrogens is 1. The molecular weight excluding hydrogens is 407 g/mol. The first-order chi connectivity index (χ1) is 15.4. The molecule has 1 aromatic carbocycles. The minimum atomic E-state index is -0.584. The van der Waals surface area contributed by atoms with Gasteiger partial charge in [-0.05, 0) is 25.0 Å². The van der Waals surface area contributed by atoms with Crippen LogP contribution in [0.15, 0.2) is 36.7 Å². The van der Waals surface area contributed by atoms with E-state index in [1.165, 1.54) is 23.4 Å². The first-order valence-corrected chi connectivity index (χ1v) is 10.1. The van der Waals surface area contributed by atoms with Crippen molar-refractivity contribution >= 4 is 29.6 Å². The highest BCUT2D eigenvalue weighted by atomic mass is 19.1. The molecule has 0 radical (unpaired) electrons. The van der Waals surface area contributed by atoms with Gasteiger partial charge >= 0.3 is 0 Å². The van der Waals surface area contributed by atoms with Crippen molar-refractivity contribution in [2.75, 3.05) is 25.0 Å². The maximum Gasteiger partial charge on any atom is 0.212 e. The fraction of sp³-hybridized carbons (Fsp3) is 0.261. The molecule has 2 aromatic rings. The van der Waals surface area contributed by atoms with Gasteiger partial charge in [0.05, 0.1) is 17.6 Å². The first kappa shape index (κ1) is 22.6. The molecular formula is C23H25FN8. The number of piperidine rings is 1. The van der Waals surface area contributed by atoms with Crippen LogP contribution in [-0.2, 0) is 0 Å². The highest BCUT2D eigenvalue weighted by Gasteiger charge is 2.28. The van der Waals surface area contributed by atoms with E-state index in [-0.39, 0.29) is 5.92 Å². The van der Waals surface area contributed by atoms with Crippen molar-refractivity contribution in [3.8, 4) is 17.2 Å². The van der Waals surface area contributed by atoms with Gasteiger partial charge in [0, 0.05) is 66.9 Å². The van der Waals surface area contributed by atoms with E-state index in [0.29, 0.717) is 59.7 Å². The second-order valence-corrected chi connectivity index (χ2v) is 7.52. The standard InChI is InChI=1S/C23H25FN8/c1-31(14-28)23(29)15-6-8-32(9-7-15)22-19(16-2-5-21(24)30-13-16)4-3-18(20(22)12-27)17(10-25)11-26/h2-5,10-11,13-15,25,28-29H,6-9,26H2,1H3/b17-11+,25-10?,28-14?,29-23?. The fourth-order valence-electron chi connectivity index (χ4n) is 3.99. The first-order valence-electron chi connectivity index (χ1n) is 10.1. The third-order valence-electron chi connectivity index (χ3n) is 5.75. The summed E-state index contributed by atoms with van der Waals surface area (Å²) >= 11 is 0. The van der Waals surface area contributed by atoms with Gasteiger partial charge in [0.25, 0.3) is 0 Å². The van der Waals surface area contributed by atoms with Crippen LogP contribution in [0.3, 0.4) is 0 Å². The predicted molar refractivity (Wildman–Crippen MR) is 125 cm³/mol. The number of nitrogens with two attached hydrogens (primary N) is 1. The van der Waals surface area contributed by atoms with E-state index >= 15 is 0 Å². The lowest BCUT2D eigenvalue weighted by Crippen LogP contribution is -2.41. The molecule has 0 amide bonds. The van der Waals surface area contributed by atoms with Gasteiger partial charge in [-0.2, -0.15) is 9.65 Å². The van der Waals surface area contributed by atoms with Crippen LogP contribution in [0, 0.1) is 39.4 Å². The third-order valence-corrected chi connectivity index (χ3v) is 5.75. The lowest BCUT2D eigenvalue weighted by Gasteiger charge is -2.37. The summed E-state index contributed by atoms with van der Waals surface area (Å²) in [5.41, 5.74) is 9.16. The summed E-state index contributed by atoms with van der Waals surface area (Å²) in [5, 5.41) is 33.4. The van der Waals surface area contributed by atoms with Gasteiger partial charge in [-0.25, -0.2) is 4.98 Å². The average molecular weight is 433 g/mol. The molecule has 1 aliphatic heterocycles. The van der Waals surface area contributed by atoms with Crippen molar-refractivity contribution in [2.45, 2.75) is 12.8 Å². The van der Waals surface area contributed by atoms with Crippen LogP contribution >= 0.6 is 0 Å². The molecule has 0 atom stereocenters. The van der Waals surface area contributed by atoms with E-state index in [1.54, 1.807) is 19.2 Å². The number of nitrogens with zero attached hydrogens (tertiary/aromatic N) is 4. The Labute approximate surface area is 186 Å². The Morgan fingerprint density at radius 3 is 2.53 bits per heavy atom. The Balaban J connectivity index is 2.08. The van der Waals surface area contributed by atoms with Crippen molar-refractivity contribution in [3.05, 3.63) is 53.7 Å². The average Bonchev–Trinajstić information content (AvgIpc) is 2.84. The maximum atomic E-state index is 13.4. The number of allylic oxidation sites excluding steroid dienone is 1. The minimum absolute atomic E-state index is 0.0172. The number of nitrogens with one attached hydrogen (secondary N) is 3. The lowest BCUT2D eigenvalue weighted by molar-refractivity contribution is 0.473. The van der Waals surface area contributed by atoms with Crippen LogP contribution in [0.2, 0.25) is 0 Å². The largest absolute Gasteiger partial charge is 0.404 e. The fourth-order valence-corrected chi connectivity index (χ4v) is 3.99. The van der Waals surface area contributed by atoms with Crippen LogP contribution in [0.4, 0.5) is 10.1 Å². The van der Waals surface area contributed by atoms with E-state index in [2.05, 4.69) is 16.0 Å². The summed E-state index contributed by atoms with van der Waals surface area (Å²) in [6.45, 7) is 1.20. The summed E-state index contributed by atoms with van der Waals surface area (Å²) in [6.07, 6.45) is 6.36. The third kappa shape index (κ3) is 4.34. The second kappa shape index (κ2) is 9.83. The molecule has 1 aromatic heterocycles. The molecule has 9 heteroatoms. The normalized spacial score (nSPS) is 14.5. The zero-order chi connectivity index (χ0) is 23.3. The number of benzene rings is 1. The molecule has 1 aliphatic rings. The van der Waals surface area contributed by atoms with Crippen molar-refractivity contribution in [1.29, 1.82) is 21.5 Å². The van der Waals surface area contributed by atoms with Crippen LogP contribution in [0.1, 0.15) is 24.0 Å². The van der Waals surface area contributed by atoms with Gasteiger partial charge in [-0.15, -0.1) is 0 Å². The van der Waals surface area contributed by atoms with Crippen LogP contribution < -0.4 is 10.6 Å². The van der Waals surface area contributed by atoms with Crippen molar-refractivity contribution < 1.29 is 4.39 Å². The van der Waals surface area contributed by atoms with Crippen molar-refractivity contribution in [3.63, 3.8) is 0 Å². The number of anilines is 1. The topological polar surface area (TPSA) is 141 Å². The monoisotopic (exact) mass is 432 g/mol. The molecule has 5 N–H and O–H groups in total. The molecule has 0 saturated carbocycles. The number of hydrogen-bond acceptors (Lipinski definition) is 7. The van der Waals surface area contributed by atoms with Gasteiger partial charge in [0.2, 0.25) is 5.95 Å². The molecule has 1 fully saturated rings. The Bertz CT molecular complexity index is 1090. The molecule has 0 spiro atoms. The summed E-state index contributed by atoms with van der Waals surface area (Å²) < 4.78 is 13.4. The Morgan fingerprint density at radius 2 is 2.00 bits per heavy atom.